The van der Waals surface area contributed by atoms with E-state index in [9.17, 15) is 19.6 Å². The zero-order valence-electron chi connectivity index (χ0n) is 16.0. The molecular formula is C20H17N5O4S. The molecule has 0 spiro atoms. The number of ether oxygens (including phenoxy) is 1. The van der Waals surface area contributed by atoms with Gasteiger partial charge >= 0.3 is 5.69 Å². The van der Waals surface area contributed by atoms with Gasteiger partial charge in [0.05, 0.1) is 12.8 Å². The summed E-state index contributed by atoms with van der Waals surface area (Å²) >= 11 is 1.23. The number of fused-ring (bicyclic) bond motifs is 1. The Hall–Kier alpha value is -3.71. The van der Waals surface area contributed by atoms with Crippen molar-refractivity contribution in [1.82, 2.24) is 14.1 Å². The SMILES string of the molecule is COc1ccc(-c2csc(NC(=O)Cn3c(=O)c(C#N)c4n(c3=O)CCC4)n2)cc1. The first kappa shape index (κ1) is 19.6. The van der Waals surface area contributed by atoms with Gasteiger partial charge in [-0.25, -0.2) is 14.3 Å². The number of nitriles is 1. The number of carbonyl (C=O) groups excluding carboxylic acids is 1. The van der Waals surface area contributed by atoms with E-state index in [2.05, 4.69) is 10.3 Å². The second kappa shape index (κ2) is 7.96. The summed E-state index contributed by atoms with van der Waals surface area (Å²) in [7, 11) is 1.59. The molecule has 1 aliphatic rings. The largest absolute Gasteiger partial charge is 0.497 e. The first-order valence-electron chi connectivity index (χ1n) is 9.18. The van der Waals surface area contributed by atoms with Crippen LogP contribution in [-0.4, -0.2) is 27.1 Å². The molecule has 0 bridgehead atoms. The summed E-state index contributed by atoms with van der Waals surface area (Å²) < 4.78 is 7.34. The molecule has 1 amide bonds. The summed E-state index contributed by atoms with van der Waals surface area (Å²) in [5.74, 6) is 0.164. The number of rotatable bonds is 5. The topological polar surface area (TPSA) is 119 Å². The van der Waals surface area contributed by atoms with Crippen molar-refractivity contribution in [3.63, 3.8) is 0 Å². The predicted molar refractivity (Wildman–Crippen MR) is 111 cm³/mol. The van der Waals surface area contributed by atoms with Crippen LogP contribution in [0.25, 0.3) is 11.3 Å². The molecular weight excluding hydrogens is 406 g/mol. The Morgan fingerprint density at radius 2 is 2.10 bits per heavy atom. The number of thiazole rings is 1. The number of nitrogens with one attached hydrogen (secondary N) is 1. The molecule has 4 rings (SSSR count). The van der Waals surface area contributed by atoms with E-state index in [4.69, 9.17) is 4.74 Å². The monoisotopic (exact) mass is 423 g/mol. The highest BCUT2D eigenvalue weighted by molar-refractivity contribution is 7.14. The van der Waals surface area contributed by atoms with Gasteiger partial charge < -0.3 is 10.1 Å². The standard InChI is InChI=1S/C20H17N5O4S/c1-29-13-6-4-12(5-7-13)15-11-30-19(22-15)23-17(26)10-25-18(27)14(9-21)16-3-2-8-24(16)20(25)28/h4-7,11H,2-3,8,10H2,1H3,(H,22,23,26). The van der Waals surface area contributed by atoms with Gasteiger partial charge in [0.2, 0.25) is 5.91 Å². The van der Waals surface area contributed by atoms with Gasteiger partial charge in [0.1, 0.15) is 23.9 Å². The fourth-order valence-corrected chi connectivity index (χ4v) is 4.15. The third-order valence-electron chi connectivity index (χ3n) is 4.88. The number of hydrogen-bond donors (Lipinski definition) is 1. The van der Waals surface area contributed by atoms with Crippen LogP contribution in [0.1, 0.15) is 17.7 Å². The molecule has 0 saturated carbocycles. The Kier molecular flexibility index (Phi) is 5.20. The van der Waals surface area contributed by atoms with E-state index in [1.54, 1.807) is 12.5 Å². The van der Waals surface area contributed by atoms with E-state index in [1.807, 2.05) is 30.3 Å². The molecule has 152 valence electrons. The molecule has 1 N–H and O–H groups in total. The number of amides is 1. The van der Waals surface area contributed by atoms with Crippen LogP contribution in [-0.2, 0) is 24.3 Å². The maximum atomic E-state index is 12.6. The van der Waals surface area contributed by atoms with Crippen LogP contribution in [0, 0.1) is 11.3 Å². The van der Waals surface area contributed by atoms with Crippen molar-refractivity contribution in [2.24, 2.45) is 0 Å². The normalized spacial score (nSPS) is 12.3. The van der Waals surface area contributed by atoms with Crippen LogP contribution >= 0.6 is 11.3 Å². The highest BCUT2D eigenvalue weighted by atomic mass is 32.1. The van der Waals surface area contributed by atoms with Crippen molar-refractivity contribution in [2.45, 2.75) is 25.9 Å². The van der Waals surface area contributed by atoms with Gasteiger partial charge in [-0.1, -0.05) is 0 Å². The lowest BCUT2D eigenvalue weighted by atomic mass is 10.2. The number of hydrogen-bond acceptors (Lipinski definition) is 7. The highest BCUT2D eigenvalue weighted by Gasteiger charge is 2.23. The van der Waals surface area contributed by atoms with Crippen molar-refractivity contribution in [2.75, 3.05) is 12.4 Å². The van der Waals surface area contributed by atoms with Gasteiger partial charge in [0.15, 0.2) is 5.13 Å². The Morgan fingerprint density at radius 3 is 2.80 bits per heavy atom. The van der Waals surface area contributed by atoms with E-state index in [1.165, 1.54) is 15.9 Å². The molecule has 3 aromatic rings. The molecule has 0 unspecified atom stereocenters. The van der Waals surface area contributed by atoms with Gasteiger partial charge in [-0.3, -0.25) is 14.2 Å². The minimum Gasteiger partial charge on any atom is -0.497 e. The van der Waals surface area contributed by atoms with Gasteiger partial charge in [-0.05, 0) is 37.1 Å². The molecule has 0 radical (unpaired) electrons. The van der Waals surface area contributed by atoms with Crippen molar-refractivity contribution < 1.29 is 9.53 Å². The van der Waals surface area contributed by atoms with Crippen LogP contribution < -0.4 is 21.3 Å². The number of benzene rings is 1. The summed E-state index contributed by atoms with van der Waals surface area (Å²) in [4.78, 5) is 42.0. The van der Waals surface area contributed by atoms with Gasteiger partial charge in [-0.15, -0.1) is 11.3 Å². The Morgan fingerprint density at radius 1 is 1.33 bits per heavy atom. The average molecular weight is 423 g/mol. The number of aromatic nitrogens is 3. The number of methoxy groups -OCH3 is 1. The molecule has 1 aliphatic heterocycles. The van der Waals surface area contributed by atoms with Crippen LogP contribution in [0.5, 0.6) is 5.75 Å². The predicted octanol–water partition coefficient (Wildman–Crippen LogP) is 1.60. The molecule has 0 fully saturated rings. The van der Waals surface area contributed by atoms with Gasteiger partial charge in [-0.2, -0.15) is 5.26 Å². The van der Waals surface area contributed by atoms with Crippen LogP contribution in [0.15, 0.2) is 39.2 Å². The number of nitrogens with zero attached hydrogens (tertiary/aromatic N) is 4. The smallest absolute Gasteiger partial charge is 0.331 e. The van der Waals surface area contributed by atoms with E-state index in [-0.39, 0.29) is 5.56 Å². The maximum absolute atomic E-state index is 12.6. The first-order chi connectivity index (χ1) is 14.5. The van der Waals surface area contributed by atoms with Crippen molar-refractivity contribution in [1.29, 1.82) is 5.26 Å². The average Bonchev–Trinajstić information content (AvgIpc) is 3.42. The van der Waals surface area contributed by atoms with E-state index < -0.39 is 23.7 Å². The van der Waals surface area contributed by atoms with Gasteiger partial charge in [0.25, 0.3) is 5.56 Å². The van der Waals surface area contributed by atoms with Gasteiger partial charge in [0, 0.05) is 23.2 Å². The van der Waals surface area contributed by atoms with Crippen molar-refractivity contribution >= 4 is 22.4 Å². The molecule has 1 aromatic carbocycles. The summed E-state index contributed by atoms with van der Waals surface area (Å²) in [5, 5.41) is 14.1. The molecule has 0 saturated heterocycles. The third-order valence-corrected chi connectivity index (χ3v) is 5.64. The van der Waals surface area contributed by atoms with E-state index in [0.717, 1.165) is 15.9 Å². The second-order valence-electron chi connectivity index (χ2n) is 6.68. The Labute approximate surface area is 174 Å². The van der Waals surface area contributed by atoms with Crippen molar-refractivity contribution in [3.05, 3.63) is 61.7 Å². The van der Waals surface area contributed by atoms with Crippen LogP contribution in [0.3, 0.4) is 0 Å². The molecule has 10 heteroatoms. The second-order valence-corrected chi connectivity index (χ2v) is 7.54. The summed E-state index contributed by atoms with van der Waals surface area (Å²) in [6.07, 6.45) is 1.19. The molecule has 2 aromatic heterocycles. The number of carbonyl (C=O) groups is 1. The minimum atomic E-state index is -0.733. The van der Waals surface area contributed by atoms with Crippen molar-refractivity contribution in [3.8, 4) is 23.1 Å². The fraction of sp³-hybridized carbons (Fsp3) is 0.250. The summed E-state index contributed by atoms with van der Waals surface area (Å²) in [6, 6.07) is 9.21. The lowest BCUT2D eigenvalue weighted by molar-refractivity contribution is -0.116. The molecule has 0 atom stereocenters. The zero-order chi connectivity index (χ0) is 21.3. The maximum Gasteiger partial charge on any atom is 0.331 e. The number of anilines is 1. The Balaban J connectivity index is 1.54. The molecule has 0 aliphatic carbocycles. The molecule has 30 heavy (non-hydrogen) atoms. The van der Waals surface area contributed by atoms with Crippen LogP contribution in [0.4, 0.5) is 5.13 Å². The summed E-state index contributed by atoms with van der Waals surface area (Å²) in [6.45, 7) is -0.0491. The fourth-order valence-electron chi connectivity index (χ4n) is 3.42. The first-order valence-corrected chi connectivity index (χ1v) is 10.1. The third kappa shape index (κ3) is 3.51. The lowest BCUT2D eigenvalue weighted by Crippen LogP contribution is -2.44. The van der Waals surface area contributed by atoms with E-state index >= 15 is 0 Å². The molecule has 3 heterocycles. The lowest BCUT2D eigenvalue weighted by Gasteiger charge is -2.10. The minimum absolute atomic E-state index is 0.0732. The van der Waals surface area contributed by atoms with E-state index in [0.29, 0.717) is 35.9 Å². The molecule has 9 nitrogen and oxygen atoms in total. The van der Waals surface area contributed by atoms with Crippen LogP contribution in [0.2, 0.25) is 0 Å². The zero-order valence-corrected chi connectivity index (χ0v) is 16.9. The summed E-state index contributed by atoms with van der Waals surface area (Å²) in [5.41, 5.74) is 0.617. The Bertz CT molecular complexity index is 1280. The quantitative estimate of drug-likeness (QED) is 0.666. The highest BCUT2D eigenvalue weighted by Crippen LogP contribution is 2.26.